The van der Waals surface area contributed by atoms with Gasteiger partial charge in [-0.3, -0.25) is 4.98 Å². The van der Waals surface area contributed by atoms with Crippen molar-refractivity contribution in [2.45, 2.75) is 25.0 Å². The number of methoxy groups -OCH3 is 1. The van der Waals surface area contributed by atoms with Gasteiger partial charge in [-0.1, -0.05) is 0 Å². The lowest BCUT2D eigenvalue weighted by Crippen LogP contribution is -2.43. The molecule has 1 heterocycles. The van der Waals surface area contributed by atoms with Gasteiger partial charge in [0.15, 0.2) is 5.69 Å². The molecule has 16 heavy (non-hydrogen) atoms. The molecule has 1 saturated carbocycles. The van der Waals surface area contributed by atoms with Gasteiger partial charge in [0.25, 0.3) is 0 Å². The highest BCUT2D eigenvalue weighted by molar-refractivity contribution is 5.86. The average molecular weight is 223 g/mol. The number of ether oxygens (including phenoxy) is 2. The number of carbonyl (C=O) groups is 1. The van der Waals surface area contributed by atoms with Gasteiger partial charge in [-0.2, -0.15) is 0 Å². The summed E-state index contributed by atoms with van der Waals surface area (Å²) in [6.45, 7) is 0. The Hall–Kier alpha value is -1.69. The molecule has 1 fully saturated rings. The molecule has 6 nitrogen and oxygen atoms in total. The number of hydrogen-bond acceptors (Lipinski definition) is 6. The zero-order valence-corrected chi connectivity index (χ0v) is 8.92. The maximum atomic E-state index is 11.2. The third-order valence-corrected chi connectivity index (χ3v) is 2.43. The van der Waals surface area contributed by atoms with E-state index < -0.39 is 5.97 Å². The summed E-state index contributed by atoms with van der Waals surface area (Å²) in [5, 5.41) is 0. The lowest BCUT2D eigenvalue weighted by molar-refractivity contribution is 0.0586. The van der Waals surface area contributed by atoms with E-state index in [1.54, 1.807) is 0 Å². The van der Waals surface area contributed by atoms with Crippen LogP contribution in [0.2, 0.25) is 0 Å². The molecule has 0 spiro atoms. The molecule has 0 amide bonds. The standard InChI is InChI=1S/C10H13N3O3/c1-15-10(14)8-4-12-5-9(13-8)16-7-2-6(11)3-7/h4-7H,2-3,11H2,1H3. The highest BCUT2D eigenvalue weighted by Crippen LogP contribution is 2.22. The molecule has 6 heteroatoms. The van der Waals surface area contributed by atoms with Gasteiger partial charge in [-0.05, 0) is 12.8 Å². The van der Waals surface area contributed by atoms with E-state index in [4.69, 9.17) is 10.5 Å². The van der Waals surface area contributed by atoms with Crippen molar-refractivity contribution < 1.29 is 14.3 Å². The Morgan fingerprint density at radius 3 is 2.88 bits per heavy atom. The van der Waals surface area contributed by atoms with E-state index in [2.05, 4.69) is 14.7 Å². The maximum Gasteiger partial charge on any atom is 0.358 e. The van der Waals surface area contributed by atoms with Crippen molar-refractivity contribution >= 4 is 5.97 Å². The fourth-order valence-corrected chi connectivity index (χ4v) is 1.48. The third-order valence-electron chi connectivity index (χ3n) is 2.43. The topological polar surface area (TPSA) is 87.3 Å². The van der Waals surface area contributed by atoms with Gasteiger partial charge in [-0.25, -0.2) is 9.78 Å². The Balaban J connectivity index is 2.02. The molecule has 0 saturated heterocycles. The second-order valence-electron chi connectivity index (χ2n) is 3.71. The van der Waals surface area contributed by atoms with Crippen molar-refractivity contribution in [2.75, 3.05) is 7.11 Å². The number of rotatable bonds is 3. The SMILES string of the molecule is COC(=O)c1cncc(OC2CC(N)C2)n1. The van der Waals surface area contributed by atoms with E-state index in [1.807, 2.05) is 0 Å². The first-order valence-electron chi connectivity index (χ1n) is 5.01. The third kappa shape index (κ3) is 2.27. The van der Waals surface area contributed by atoms with Crippen LogP contribution in [0.1, 0.15) is 23.3 Å². The summed E-state index contributed by atoms with van der Waals surface area (Å²) in [4.78, 5) is 19.0. The molecule has 1 aliphatic carbocycles. The first kappa shape index (κ1) is 10.8. The second kappa shape index (κ2) is 4.44. The normalized spacial score (nSPS) is 23.4. The zero-order chi connectivity index (χ0) is 11.5. The van der Waals surface area contributed by atoms with Gasteiger partial charge in [0.05, 0.1) is 19.5 Å². The predicted octanol–water partition coefficient (Wildman–Crippen LogP) is 0.132. The number of nitrogens with zero attached hydrogens (tertiary/aromatic N) is 2. The Morgan fingerprint density at radius 1 is 1.50 bits per heavy atom. The van der Waals surface area contributed by atoms with Crippen LogP contribution in [-0.2, 0) is 4.74 Å². The van der Waals surface area contributed by atoms with E-state index in [-0.39, 0.29) is 17.8 Å². The maximum absolute atomic E-state index is 11.2. The highest BCUT2D eigenvalue weighted by Gasteiger charge is 2.28. The van der Waals surface area contributed by atoms with Gasteiger partial charge in [-0.15, -0.1) is 0 Å². The molecule has 1 aromatic rings. The Bertz CT molecular complexity index is 391. The van der Waals surface area contributed by atoms with E-state index in [1.165, 1.54) is 19.5 Å². The summed E-state index contributed by atoms with van der Waals surface area (Å²) < 4.78 is 10.0. The fourth-order valence-electron chi connectivity index (χ4n) is 1.48. The molecule has 0 aliphatic heterocycles. The van der Waals surface area contributed by atoms with E-state index in [9.17, 15) is 4.79 Å². The number of aromatic nitrogens is 2. The van der Waals surface area contributed by atoms with Crippen LogP contribution in [0.15, 0.2) is 12.4 Å². The molecule has 2 rings (SSSR count). The van der Waals surface area contributed by atoms with Crippen LogP contribution in [0.5, 0.6) is 5.88 Å². The number of esters is 1. The van der Waals surface area contributed by atoms with Crippen LogP contribution in [0.3, 0.4) is 0 Å². The van der Waals surface area contributed by atoms with Crippen LogP contribution in [0.4, 0.5) is 0 Å². The minimum atomic E-state index is -0.525. The summed E-state index contributed by atoms with van der Waals surface area (Å²) in [6.07, 6.45) is 4.51. The van der Waals surface area contributed by atoms with Crippen LogP contribution in [0, 0.1) is 0 Å². The van der Waals surface area contributed by atoms with Gasteiger partial charge in [0.1, 0.15) is 6.10 Å². The molecule has 2 N–H and O–H groups in total. The van der Waals surface area contributed by atoms with Crippen LogP contribution < -0.4 is 10.5 Å². The molecule has 86 valence electrons. The van der Waals surface area contributed by atoms with Crippen molar-refractivity contribution in [3.8, 4) is 5.88 Å². The molecule has 1 aliphatic rings. The van der Waals surface area contributed by atoms with Crippen molar-refractivity contribution in [1.29, 1.82) is 0 Å². The van der Waals surface area contributed by atoms with E-state index in [0.717, 1.165) is 12.8 Å². The molecule has 1 aromatic heterocycles. The summed E-state index contributed by atoms with van der Waals surface area (Å²) in [6, 6.07) is 0.210. The number of nitrogens with two attached hydrogens (primary N) is 1. The lowest BCUT2D eigenvalue weighted by Gasteiger charge is -2.31. The predicted molar refractivity (Wildman–Crippen MR) is 55.0 cm³/mol. The lowest BCUT2D eigenvalue weighted by atomic mass is 9.90. The summed E-state index contributed by atoms with van der Waals surface area (Å²) >= 11 is 0. The minimum absolute atomic E-state index is 0.0807. The second-order valence-corrected chi connectivity index (χ2v) is 3.71. The summed E-state index contributed by atoms with van der Waals surface area (Å²) in [5.41, 5.74) is 5.77. The first-order valence-corrected chi connectivity index (χ1v) is 5.01. The average Bonchev–Trinajstić information content (AvgIpc) is 2.26. The first-order chi connectivity index (χ1) is 7.69. The van der Waals surface area contributed by atoms with E-state index >= 15 is 0 Å². The van der Waals surface area contributed by atoms with E-state index in [0.29, 0.717) is 5.88 Å². The highest BCUT2D eigenvalue weighted by atomic mass is 16.5. The summed E-state index contributed by atoms with van der Waals surface area (Å²) in [5.74, 6) is -0.192. The Morgan fingerprint density at radius 2 is 2.25 bits per heavy atom. The van der Waals surface area contributed by atoms with Gasteiger partial charge in [0, 0.05) is 6.04 Å². The smallest absolute Gasteiger partial charge is 0.358 e. The zero-order valence-electron chi connectivity index (χ0n) is 8.92. The van der Waals surface area contributed by atoms with Crippen molar-refractivity contribution in [1.82, 2.24) is 9.97 Å². The van der Waals surface area contributed by atoms with Gasteiger partial charge < -0.3 is 15.2 Å². The van der Waals surface area contributed by atoms with Gasteiger partial charge in [0.2, 0.25) is 5.88 Å². The fraction of sp³-hybridized carbons (Fsp3) is 0.500. The molecule has 0 radical (unpaired) electrons. The molecular weight excluding hydrogens is 210 g/mol. The molecular formula is C10H13N3O3. The minimum Gasteiger partial charge on any atom is -0.473 e. The molecule has 0 bridgehead atoms. The summed E-state index contributed by atoms with van der Waals surface area (Å²) in [7, 11) is 1.29. The quantitative estimate of drug-likeness (QED) is 0.733. The molecule has 0 atom stereocenters. The Labute approximate surface area is 92.8 Å². The van der Waals surface area contributed by atoms with Crippen molar-refractivity contribution in [2.24, 2.45) is 5.73 Å². The van der Waals surface area contributed by atoms with Crippen LogP contribution in [0.25, 0.3) is 0 Å². The molecule has 0 aromatic carbocycles. The van der Waals surface area contributed by atoms with Crippen molar-refractivity contribution in [3.63, 3.8) is 0 Å². The number of carbonyl (C=O) groups excluding carboxylic acids is 1. The molecule has 0 unspecified atom stereocenters. The largest absolute Gasteiger partial charge is 0.473 e. The van der Waals surface area contributed by atoms with Gasteiger partial charge >= 0.3 is 5.97 Å². The van der Waals surface area contributed by atoms with Crippen LogP contribution in [-0.4, -0.2) is 35.2 Å². The Kier molecular flexibility index (Phi) is 3.00. The van der Waals surface area contributed by atoms with Crippen molar-refractivity contribution in [3.05, 3.63) is 18.1 Å². The monoisotopic (exact) mass is 223 g/mol. The number of hydrogen-bond donors (Lipinski definition) is 1. The van der Waals surface area contributed by atoms with Crippen LogP contribution >= 0.6 is 0 Å².